The summed E-state index contributed by atoms with van der Waals surface area (Å²) >= 11 is 8.83. The van der Waals surface area contributed by atoms with Crippen LogP contribution in [0.2, 0.25) is 5.02 Å². The largest absolute Gasteiger partial charge is 0.378 e. The number of halogens is 1. The van der Waals surface area contributed by atoms with Crippen molar-refractivity contribution in [1.82, 2.24) is 20.5 Å². The molecule has 0 saturated carbocycles. The molecule has 4 aromatic rings. The molecule has 2 amide bonds. The zero-order valence-corrected chi connectivity index (χ0v) is 19.2. The van der Waals surface area contributed by atoms with E-state index in [9.17, 15) is 4.79 Å². The summed E-state index contributed by atoms with van der Waals surface area (Å²) in [5, 5.41) is 15.9. The summed E-state index contributed by atoms with van der Waals surface area (Å²) in [6.07, 6.45) is 1.74. The average molecular weight is 471 g/mol. The van der Waals surface area contributed by atoms with Crippen molar-refractivity contribution in [1.29, 1.82) is 0 Å². The van der Waals surface area contributed by atoms with Gasteiger partial charge in [-0.3, -0.25) is 10.3 Å². The number of fused-ring (bicyclic) bond motifs is 1. The van der Waals surface area contributed by atoms with Crippen molar-refractivity contribution in [2.45, 2.75) is 15.8 Å². The number of nitrogens with zero attached hydrogens (tertiary/aromatic N) is 4. The second kappa shape index (κ2) is 9.51. The van der Waals surface area contributed by atoms with Crippen molar-refractivity contribution in [3.63, 3.8) is 0 Å². The third kappa shape index (κ3) is 5.43. The van der Waals surface area contributed by atoms with E-state index in [0.29, 0.717) is 16.7 Å². The lowest BCUT2D eigenvalue weighted by Crippen LogP contribution is -2.28. The fourth-order valence-corrected chi connectivity index (χ4v) is 4.81. The maximum absolute atomic E-state index is 12.2. The fraction of sp³-hybridized carbons (Fsp3) is 0.143. The van der Waals surface area contributed by atoms with E-state index in [-0.39, 0.29) is 6.03 Å². The minimum atomic E-state index is -0.326. The van der Waals surface area contributed by atoms with Crippen molar-refractivity contribution in [2.75, 3.05) is 24.3 Å². The predicted molar refractivity (Wildman–Crippen MR) is 127 cm³/mol. The fourth-order valence-electron chi connectivity index (χ4n) is 2.82. The zero-order valence-electron chi connectivity index (χ0n) is 16.8. The number of pyridine rings is 1. The molecule has 0 aliphatic rings. The average Bonchev–Trinajstić information content (AvgIpc) is 3.19. The van der Waals surface area contributed by atoms with Crippen LogP contribution in [-0.4, -0.2) is 35.3 Å². The quantitative estimate of drug-likeness (QED) is 0.373. The minimum absolute atomic E-state index is 0.326. The van der Waals surface area contributed by atoms with Crippen LogP contribution in [0.15, 0.2) is 64.0 Å². The Kier molecular flexibility index (Phi) is 6.55. The lowest BCUT2D eigenvalue weighted by atomic mass is 10.2. The van der Waals surface area contributed by atoms with Gasteiger partial charge in [0.25, 0.3) is 0 Å². The lowest BCUT2D eigenvalue weighted by molar-refractivity contribution is 0.251. The van der Waals surface area contributed by atoms with E-state index in [1.165, 1.54) is 23.1 Å². The molecule has 0 fully saturated rings. The Hall–Kier alpha value is -2.88. The molecule has 0 saturated heterocycles. The molecule has 0 radical (unpaired) electrons. The Morgan fingerprint density at radius 3 is 2.71 bits per heavy atom. The first-order chi connectivity index (χ1) is 15.0. The highest BCUT2D eigenvalue weighted by atomic mass is 35.5. The number of urea groups is 1. The van der Waals surface area contributed by atoms with Crippen LogP contribution < -0.4 is 15.5 Å². The predicted octanol–water partition coefficient (Wildman–Crippen LogP) is 5.28. The Morgan fingerprint density at radius 2 is 1.94 bits per heavy atom. The number of carbonyl (C=O) groups is 1. The topological polar surface area (TPSA) is 83.0 Å². The number of amides is 2. The van der Waals surface area contributed by atoms with Gasteiger partial charge >= 0.3 is 6.03 Å². The van der Waals surface area contributed by atoms with Crippen LogP contribution in [0.25, 0.3) is 10.9 Å². The van der Waals surface area contributed by atoms with E-state index >= 15 is 0 Å². The van der Waals surface area contributed by atoms with Gasteiger partial charge in [0.2, 0.25) is 5.13 Å². The third-order valence-electron chi connectivity index (χ3n) is 4.39. The van der Waals surface area contributed by atoms with E-state index in [1.54, 1.807) is 6.20 Å². The van der Waals surface area contributed by atoms with Gasteiger partial charge in [0.15, 0.2) is 4.34 Å². The Morgan fingerprint density at radius 1 is 1.13 bits per heavy atom. The number of aromatic nitrogens is 3. The van der Waals surface area contributed by atoms with Crippen molar-refractivity contribution in [3.05, 3.63) is 65.3 Å². The van der Waals surface area contributed by atoms with Crippen molar-refractivity contribution < 1.29 is 4.79 Å². The van der Waals surface area contributed by atoms with Crippen LogP contribution in [0.4, 0.5) is 15.6 Å². The molecular weight excluding hydrogens is 452 g/mol. The van der Waals surface area contributed by atoms with Crippen LogP contribution in [0, 0.1) is 0 Å². The SMILES string of the molecule is CN(C)c1ccc(CNC(=O)Nc2nnc(Sc3ccnc4cc(Cl)ccc34)s2)cc1. The molecule has 0 atom stereocenters. The van der Waals surface area contributed by atoms with Crippen LogP contribution in [0.3, 0.4) is 0 Å². The summed E-state index contributed by atoms with van der Waals surface area (Å²) in [7, 11) is 3.98. The Balaban J connectivity index is 1.35. The lowest BCUT2D eigenvalue weighted by Gasteiger charge is -2.12. The molecule has 7 nitrogen and oxygen atoms in total. The number of anilines is 2. The van der Waals surface area contributed by atoms with E-state index in [1.807, 2.05) is 67.5 Å². The van der Waals surface area contributed by atoms with Crippen molar-refractivity contribution in [2.24, 2.45) is 0 Å². The van der Waals surface area contributed by atoms with Gasteiger partial charge in [-0.1, -0.05) is 52.9 Å². The Labute approximate surface area is 192 Å². The molecule has 0 unspecified atom stereocenters. The van der Waals surface area contributed by atoms with Gasteiger partial charge in [-0.05, 0) is 35.9 Å². The highest BCUT2D eigenvalue weighted by Gasteiger charge is 2.11. The van der Waals surface area contributed by atoms with E-state index in [2.05, 4.69) is 25.8 Å². The van der Waals surface area contributed by atoms with Crippen LogP contribution in [-0.2, 0) is 6.54 Å². The van der Waals surface area contributed by atoms with E-state index in [0.717, 1.165) is 31.4 Å². The molecule has 0 spiro atoms. The van der Waals surface area contributed by atoms with E-state index in [4.69, 9.17) is 11.6 Å². The Bertz CT molecular complexity index is 1210. The molecule has 10 heteroatoms. The first kappa shape index (κ1) is 21.4. The van der Waals surface area contributed by atoms with Gasteiger partial charge in [-0.2, -0.15) is 0 Å². The van der Waals surface area contributed by atoms with Crippen LogP contribution in [0.5, 0.6) is 0 Å². The summed E-state index contributed by atoms with van der Waals surface area (Å²) in [6.45, 7) is 0.422. The summed E-state index contributed by atoms with van der Waals surface area (Å²) in [6, 6.07) is 15.2. The van der Waals surface area contributed by atoms with Gasteiger partial charge in [0.05, 0.1) is 5.52 Å². The second-order valence-corrected chi connectivity index (χ2v) is 9.52. The van der Waals surface area contributed by atoms with Gasteiger partial charge in [-0.15, -0.1) is 10.2 Å². The standard InChI is InChI=1S/C21H19ClN6OS2/c1-28(2)15-6-3-13(4-7-15)12-24-19(29)25-20-26-27-21(31-20)30-18-9-10-23-17-11-14(22)5-8-16(17)18/h3-11H,12H2,1-2H3,(H2,24,25,26,29). The third-order valence-corrected chi connectivity index (χ3v) is 6.60. The summed E-state index contributed by atoms with van der Waals surface area (Å²) in [4.78, 5) is 19.6. The molecule has 4 rings (SSSR count). The molecule has 0 aliphatic carbocycles. The van der Waals surface area contributed by atoms with Gasteiger partial charge in [-0.25, -0.2) is 4.79 Å². The van der Waals surface area contributed by atoms with Gasteiger partial charge in [0, 0.05) is 47.8 Å². The molecular formula is C21H19ClN6OS2. The maximum atomic E-state index is 12.2. The monoisotopic (exact) mass is 470 g/mol. The summed E-state index contributed by atoms with van der Waals surface area (Å²) in [5.74, 6) is 0. The van der Waals surface area contributed by atoms with Crippen LogP contribution in [0.1, 0.15) is 5.56 Å². The highest BCUT2D eigenvalue weighted by molar-refractivity contribution is 8.01. The maximum Gasteiger partial charge on any atom is 0.321 e. The highest BCUT2D eigenvalue weighted by Crippen LogP contribution is 2.36. The van der Waals surface area contributed by atoms with Crippen molar-refractivity contribution in [3.8, 4) is 0 Å². The zero-order chi connectivity index (χ0) is 21.8. The molecule has 31 heavy (non-hydrogen) atoms. The molecule has 2 aromatic carbocycles. The number of benzene rings is 2. The molecule has 2 heterocycles. The number of rotatable bonds is 6. The summed E-state index contributed by atoms with van der Waals surface area (Å²) in [5.41, 5.74) is 2.94. The normalized spacial score (nSPS) is 10.8. The molecule has 158 valence electrons. The smallest absolute Gasteiger partial charge is 0.321 e. The van der Waals surface area contributed by atoms with Gasteiger partial charge in [0.1, 0.15) is 0 Å². The second-order valence-electron chi connectivity index (χ2n) is 6.81. The first-order valence-corrected chi connectivity index (χ1v) is 11.4. The molecule has 2 aromatic heterocycles. The number of nitrogens with one attached hydrogen (secondary N) is 2. The van der Waals surface area contributed by atoms with Crippen LogP contribution >= 0.6 is 34.7 Å². The van der Waals surface area contributed by atoms with E-state index < -0.39 is 0 Å². The number of hydrogen-bond donors (Lipinski definition) is 2. The molecule has 2 N–H and O–H groups in total. The van der Waals surface area contributed by atoms with Crippen molar-refractivity contribution >= 4 is 62.5 Å². The molecule has 0 aliphatic heterocycles. The number of carbonyl (C=O) groups excluding carboxylic acids is 1. The number of hydrogen-bond acceptors (Lipinski definition) is 7. The minimum Gasteiger partial charge on any atom is -0.378 e. The van der Waals surface area contributed by atoms with Gasteiger partial charge < -0.3 is 10.2 Å². The summed E-state index contributed by atoms with van der Waals surface area (Å²) < 4.78 is 0.719. The molecule has 0 bridgehead atoms. The first-order valence-electron chi connectivity index (χ1n) is 9.35.